The van der Waals surface area contributed by atoms with Crippen LogP contribution in [0.2, 0.25) is 0 Å². The van der Waals surface area contributed by atoms with Gasteiger partial charge in [-0.15, -0.1) is 16.8 Å². The maximum Gasteiger partial charge on any atom is 0.277 e. The Bertz CT molecular complexity index is 800. The zero-order valence-corrected chi connectivity index (χ0v) is 14.9. The molecule has 4 nitrogen and oxygen atoms in total. The molecule has 0 saturated carbocycles. The van der Waals surface area contributed by atoms with Crippen molar-refractivity contribution < 1.29 is 9.15 Å². The van der Waals surface area contributed by atoms with Crippen molar-refractivity contribution in [1.29, 1.82) is 0 Å². The molecule has 0 aliphatic carbocycles. The molecular formula is C20H20N2O2S. The first-order chi connectivity index (χ1) is 12.3. The Kier molecular flexibility index (Phi) is 5.90. The van der Waals surface area contributed by atoms with E-state index < -0.39 is 0 Å². The average Bonchev–Trinajstić information content (AvgIpc) is 3.10. The van der Waals surface area contributed by atoms with Crippen LogP contribution in [0.1, 0.15) is 28.7 Å². The normalized spacial score (nSPS) is 11.9. The summed E-state index contributed by atoms with van der Waals surface area (Å²) >= 11 is 1.57. The first-order valence-electron chi connectivity index (χ1n) is 8.06. The van der Waals surface area contributed by atoms with Gasteiger partial charge < -0.3 is 9.15 Å². The maximum absolute atomic E-state index is 5.82. The van der Waals surface area contributed by atoms with Crippen LogP contribution in [-0.4, -0.2) is 17.3 Å². The molecule has 1 unspecified atom stereocenters. The number of nitrogens with zero attached hydrogens (tertiary/aromatic N) is 2. The van der Waals surface area contributed by atoms with Crippen LogP contribution in [0.4, 0.5) is 0 Å². The standard InChI is InChI=1S/C20H20N2O2S/c1-3-7-18(16-8-5-4-6-9-16)25-20-22-21-19(24-20)14-15-10-12-17(23-2)13-11-15/h3-6,8-13,18H,1,7,14H2,2H3. The number of ether oxygens (including phenoxy) is 1. The molecule has 25 heavy (non-hydrogen) atoms. The topological polar surface area (TPSA) is 48.2 Å². The highest BCUT2D eigenvalue weighted by atomic mass is 32.2. The Labute approximate surface area is 151 Å². The summed E-state index contributed by atoms with van der Waals surface area (Å²) in [6.45, 7) is 3.85. The summed E-state index contributed by atoms with van der Waals surface area (Å²) < 4.78 is 11.0. The Balaban J connectivity index is 1.68. The molecule has 0 saturated heterocycles. The molecule has 3 rings (SSSR count). The van der Waals surface area contributed by atoms with Crippen LogP contribution < -0.4 is 4.74 Å². The largest absolute Gasteiger partial charge is 0.497 e. The van der Waals surface area contributed by atoms with E-state index in [0.717, 1.165) is 17.7 Å². The Hall–Kier alpha value is -2.53. The van der Waals surface area contributed by atoms with Gasteiger partial charge in [-0.3, -0.25) is 0 Å². The molecule has 1 atom stereocenters. The minimum atomic E-state index is 0.216. The molecule has 2 aromatic carbocycles. The number of hydrogen-bond donors (Lipinski definition) is 0. The van der Waals surface area contributed by atoms with E-state index in [1.165, 1.54) is 5.56 Å². The van der Waals surface area contributed by atoms with Crippen LogP contribution in [-0.2, 0) is 6.42 Å². The van der Waals surface area contributed by atoms with Gasteiger partial charge in [0.1, 0.15) is 5.75 Å². The van der Waals surface area contributed by atoms with Gasteiger partial charge in [-0.05, 0) is 29.7 Å². The number of allylic oxidation sites excluding steroid dienone is 1. The van der Waals surface area contributed by atoms with E-state index in [2.05, 4.69) is 28.9 Å². The fourth-order valence-electron chi connectivity index (χ4n) is 2.47. The molecule has 5 heteroatoms. The molecule has 0 N–H and O–H groups in total. The van der Waals surface area contributed by atoms with Gasteiger partial charge in [0.2, 0.25) is 5.89 Å². The predicted molar refractivity (Wildman–Crippen MR) is 100.0 cm³/mol. The third-order valence-corrected chi connectivity index (χ3v) is 4.87. The second kappa shape index (κ2) is 8.53. The first kappa shape index (κ1) is 17.3. The molecule has 1 aromatic heterocycles. The lowest BCUT2D eigenvalue weighted by atomic mass is 10.1. The maximum atomic E-state index is 5.82. The van der Waals surface area contributed by atoms with E-state index in [1.807, 2.05) is 48.5 Å². The fourth-order valence-corrected chi connectivity index (χ4v) is 3.47. The smallest absolute Gasteiger partial charge is 0.277 e. The second-order valence-electron chi connectivity index (χ2n) is 5.53. The van der Waals surface area contributed by atoms with E-state index in [-0.39, 0.29) is 5.25 Å². The van der Waals surface area contributed by atoms with E-state index in [4.69, 9.17) is 9.15 Å². The second-order valence-corrected chi connectivity index (χ2v) is 6.68. The van der Waals surface area contributed by atoms with Crippen LogP contribution in [0.5, 0.6) is 5.75 Å². The van der Waals surface area contributed by atoms with Crippen molar-refractivity contribution >= 4 is 11.8 Å². The third kappa shape index (κ3) is 4.73. The molecule has 0 spiro atoms. The summed E-state index contributed by atoms with van der Waals surface area (Å²) in [5.74, 6) is 1.44. The molecule has 0 amide bonds. The van der Waals surface area contributed by atoms with E-state index in [1.54, 1.807) is 18.9 Å². The number of methoxy groups -OCH3 is 1. The van der Waals surface area contributed by atoms with Crippen molar-refractivity contribution in [2.75, 3.05) is 7.11 Å². The highest BCUT2D eigenvalue weighted by molar-refractivity contribution is 7.99. The van der Waals surface area contributed by atoms with Crippen molar-refractivity contribution in [2.24, 2.45) is 0 Å². The monoisotopic (exact) mass is 352 g/mol. The van der Waals surface area contributed by atoms with Gasteiger partial charge in [0.15, 0.2) is 0 Å². The van der Waals surface area contributed by atoms with Gasteiger partial charge in [-0.1, -0.05) is 60.3 Å². The van der Waals surface area contributed by atoms with Crippen LogP contribution >= 0.6 is 11.8 Å². The van der Waals surface area contributed by atoms with Crippen molar-refractivity contribution in [3.63, 3.8) is 0 Å². The molecule has 0 radical (unpaired) electrons. The Morgan fingerprint density at radius 1 is 1.12 bits per heavy atom. The van der Waals surface area contributed by atoms with Crippen molar-refractivity contribution in [1.82, 2.24) is 10.2 Å². The molecule has 0 aliphatic rings. The first-order valence-corrected chi connectivity index (χ1v) is 8.94. The van der Waals surface area contributed by atoms with Crippen LogP contribution in [0.15, 0.2) is 76.9 Å². The number of rotatable bonds is 8. The quantitative estimate of drug-likeness (QED) is 0.418. The summed E-state index contributed by atoms with van der Waals surface area (Å²) in [6.07, 6.45) is 3.36. The minimum absolute atomic E-state index is 0.216. The van der Waals surface area contributed by atoms with Crippen molar-refractivity contribution in [3.05, 3.63) is 84.3 Å². The average molecular weight is 352 g/mol. The van der Waals surface area contributed by atoms with E-state index >= 15 is 0 Å². The zero-order chi connectivity index (χ0) is 17.5. The molecule has 0 bridgehead atoms. The lowest BCUT2D eigenvalue weighted by Crippen LogP contribution is -1.92. The Morgan fingerprint density at radius 2 is 1.88 bits per heavy atom. The number of aromatic nitrogens is 2. The van der Waals surface area contributed by atoms with Crippen LogP contribution in [0, 0.1) is 0 Å². The van der Waals surface area contributed by atoms with Gasteiger partial charge in [-0.2, -0.15) is 0 Å². The molecular weight excluding hydrogens is 332 g/mol. The number of thioether (sulfide) groups is 1. The Morgan fingerprint density at radius 3 is 2.56 bits per heavy atom. The highest BCUT2D eigenvalue weighted by Gasteiger charge is 2.16. The lowest BCUT2D eigenvalue weighted by molar-refractivity contribution is 0.413. The SMILES string of the molecule is C=CCC(Sc1nnc(Cc2ccc(OC)cc2)o1)c1ccccc1. The van der Waals surface area contributed by atoms with Gasteiger partial charge >= 0.3 is 0 Å². The zero-order valence-electron chi connectivity index (χ0n) is 14.1. The number of benzene rings is 2. The van der Waals surface area contributed by atoms with Crippen molar-refractivity contribution in [3.8, 4) is 5.75 Å². The summed E-state index contributed by atoms with van der Waals surface area (Å²) in [4.78, 5) is 0. The molecule has 1 heterocycles. The molecule has 3 aromatic rings. The summed E-state index contributed by atoms with van der Waals surface area (Å²) in [6, 6.07) is 18.2. The fraction of sp³-hybridized carbons (Fsp3) is 0.200. The third-order valence-electron chi connectivity index (χ3n) is 3.76. The van der Waals surface area contributed by atoms with Gasteiger partial charge in [0, 0.05) is 5.25 Å². The summed E-state index contributed by atoms with van der Waals surface area (Å²) in [5.41, 5.74) is 2.33. The molecule has 128 valence electrons. The summed E-state index contributed by atoms with van der Waals surface area (Å²) in [5, 5.41) is 9.15. The highest BCUT2D eigenvalue weighted by Crippen LogP contribution is 2.37. The van der Waals surface area contributed by atoms with Gasteiger partial charge in [-0.25, -0.2) is 0 Å². The van der Waals surface area contributed by atoms with Crippen LogP contribution in [0.3, 0.4) is 0 Å². The van der Waals surface area contributed by atoms with Crippen molar-refractivity contribution in [2.45, 2.75) is 23.3 Å². The van der Waals surface area contributed by atoms with Gasteiger partial charge in [0.05, 0.1) is 13.5 Å². The summed E-state index contributed by atoms with van der Waals surface area (Å²) in [7, 11) is 1.66. The molecule has 0 aliphatic heterocycles. The number of hydrogen-bond acceptors (Lipinski definition) is 5. The predicted octanol–water partition coefficient (Wildman–Crippen LogP) is 5.08. The minimum Gasteiger partial charge on any atom is -0.497 e. The van der Waals surface area contributed by atoms with E-state index in [9.17, 15) is 0 Å². The lowest BCUT2D eigenvalue weighted by Gasteiger charge is -2.12. The molecule has 0 fully saturated rings. The van der Waals surface area contributed by atoms with E-state index in [0.29, 0.717) is 17.5 Å². The van der Waals surface area contributed by atoms with Crippen LogP contribution in [0.25, 0.3) is 0 Å². The van der Waals surface area contributed by atoms with Gasteiger partial charge in [0.25, 0.3) is 5.22 Å².